The first-order chi connectivity index (χ1) is 12.0. The third-order valence-corrected chi connectivity index (χ3v) is 3.59. The van der Waals surface area contributed by atoms with Gasteiger partial charge in [0.1, 0.15) is 18.1 Å². The van der Waals surface area contributed by atoms with E-state index >= 15 is 0 Å². The molecule has 0 radical (unpaired) electrons. The molecule has 1 N–H and O–H groups in total. The Kier molecular flexibility index (Phi) is 6.51. The summed E-state index contributed by atoms with van der Waals surface area (Å²) in [6, 6.07) is 12.3. The number of anilines is 1. The molecule has 2 amide bonds. The van der Waals surface area contributed by atoms with Gasteiger partial charge in [-0.2, -0.15) is 0 Å². The van der Waals surface area contributed by atoms with E-state index in [1.807, 2.05) is 6.92 Å². The average molecular weight is 344 g/mol. The van der Waals surface area contributed by atoms with Crippen LogP contribution in [0.4, 0.5) is 10.1 Å². The van der Waals surface area contributed by atoms with Crippen LogP contribution < -0.4 is 10.1 Å². The van der Waals surface area contributed by atoms with E-state index in [1.54, 1.807) is 24.3 Å². The van der Waals surface area contributed by atoms with Gasteiger partial charge in [0.25, 0.3) is 5.91 Å². The molecule has 0 saturated heterocycles. The second kappa shape index (κ2) is 8.82. The Balaban J connectivity index is 2.08. The molecule has 0 fully saturated rings. The smallest absolute Gasteiger partial charge is 0.254 e. The van der Waals surface area contributed by atoms with Crippen molar-refractivity contribution in [3.8, 4) is 5.75 Å². The van der Waals surface area contributed by atoms with E-state index in [2.05, 4.69) is 5.32 Å². The zero-order valence-corrected chi connectivity index (χ0v) is 14.3. The first-order valence-corrected chi connectivity index (χ1v) is 8.03. The molecule has 2 aromatic rings. The maximum atomic E-state index is 13.0. The molecule has 0 bridgehead atoms. The zero-order chi connectivity index (χ0) is 18.2. The standard InChI is InChI=1S/C19H21FN2O3/c1-3-12-22(19(24)14-8-10-15(20)11-9-14)13-18(23)21-16-6-4-5-7-17(16)25-2/h4-11H,3,12-13H2,1-2H3,(H,21,23). The molecule has 0 spiro atoms. The van der Waals surface area contributed by atoms with Crippen LogP contribution in [0.5, 0.6) is 5.75 Å². The number of hydrogen-bond acceptors (Lipinski definition) is 3. The SMILES string of the molecule is CCCN(CC(=O)Nc1ccccc1OC)C(=O)c1ccc(F)cc1. The van der Waals surface area contributed by atoms with Crippen molar-refractivity contribution in [1.29, 1.82) is 0 Å². The summed E-state index contributed by atoms with van der Waals surface area (Å²) in [5, 5.41) is 2.75. The summed E-state index contributed by atoms with van der Waals surface area (Å²) in [7, 11) is 1.52. The highest BCUT2D eigenvalue weighted by Crippen LogP contribution is 2.22. The van der Waals surface area contributed by atoms with Crippen molar-refractivity contribution < 1.29 is 18.7 Å². The molecule has 0 atom stereocenters. The fraction of sp³-hybridized carbons (Fsp3) is 0.263. The number of rotatable bonds is 7. The highest BCUT2D eigenvalue weighted by atomic mass is 19.1. The second-order valence-corrected chi connectivity index (χ2v) is 5.48. The number of methoxy groups -OCH3 is 1. The van der Waals surface area contributed by atoms with Crippen molar-refractivity contribution in [2.75, 3.05) is 25.5 Å². The lowest BCUT2D eigenvalue weighted by Crippen LogP contribution is -2.38. The van der Waals surface area contributed by atoms with E-state index in [4.69, 9.17) is 4.74 Å². The van der Waals surface area contributed by atoms with Gasteiger partial charge >= 0.3 is 0 Å². The molecule has 132 valence electrons. The van der Waals surface area contributed by atoms with Crippen LogP contribution in [0, 0.1) is 5.82 Å². The lowest BCUT2D eigenvalue weighted by Gasteiger charge is -2.22. The first kappa shape index (κ1) is 18.4. The Hall–Kier alpha value is -2.89. The van der Waals surface area contributed by atoms with Gasteiger partial charge in [-0.3, -0.25) is 9.59 Å². The van der Waals surface area contributed by atoms with Crippen molar-refractivity contribution >= 4 is 17.5 Å². The Morgan fingerprint density at radius 1 is 1.12 bits per heavy atom. The molecule has 0 saturated carbocycles. The summed E-state index contributed by atoms with van der Waals surface area (Å²) in [4.78, 5) is 26.3. The van der Waals surface area contributed by atoms with Gasteiger partial charge in [0, 0.05) is 12.1 Å². The van der Waals surface area contributed by atoms with Gasteiger partial charge in [-0.15, -0.1) is 0 Å². The Morgan fingerprint density at radius 2 is 1.80 bits per heavy atom. The summed E-state index contributed by atoms with van der Waals surface area (Å²) in [5.74, 6) is -0.499. The number of carbonyl (C=O) groups is 2. The summed E-state index contributed by atoms with van der Waals surface area (Å²) in [6.45, 7) is 2.25. The van der Waals surface area contributed by atoms with Gasteiger partial charge in [-0.25, -0.2) is 4.39 Å². The molecular weight excluding hydrogens is 323 g/mol. The maximum Gasteiger partial charge on any atom is 0.254 e. The summed E-state index contributed by atoms with van der Waals surface area (Å²) in [6.07, 6.45) is 0.703. The van der Waals surface area contributed by atoms with E-state index in [0.29, 0.717) is 30.0 Å². The third kappa shape index (κ3) is 5.04. The summed E-state index contributed by atoms with van der Waals surface area (Å²) < 4.78 is 18.2. The maximum absolute atomic E-state index is 13.0. The molecule has 0 heterocycles. The quantitative estimate of drug-likeness (QED) is 0.838. The Morgan fingerprint density at radius 3 is 2.44 bits per heavy atom. The third-order valence-electron chi connectivity index (χ3n) is 3.59. The lowest BCUT2D eigenvalue weighted by molar-refractivity contribution is -0.116. The molecule has 25 heavy (non-hydrogen) atoms. The topological polar surface area (TPSA) is 58.6 Å². The van der Waals surface area contributed by atoms with Crippen LogP contribution in [-0.2, 0) is 4.79 Å². The largest absolute Gasteiger partial charge is 0.495 e. The van der Waals surface area contributed by atoms with Gasteiger partial charge in [-0.05, 0) is 42.8 Å². The van der Waals surface area contributed by atoms with Crippen molar-refractivity contribution in [3.63, 3.8) is 0 Å². The monoisotopic (exact) mass is 344 g/mol. The van der Waals surface area contributed by atoms with Gasteiger partial charge in [0.2, 0.25) is 5.91 Å². The van der Waals surface area contributed by atoms with Gasteiger partial charge in [0.05, 0.1) is 12.8 Å². The van der Waals surface area contributed by atoms with Crippen LogP contribution in [0.15, 0.2) is 48.5 Å². The van der Waals surface area contributed by atoms with Crippen LogP contribution in [-0.4, -0.2) is 36.9 Å². The van der Waals surface area contributed by atoms with E-state index in [0.717, 1.165) is 0 Å². The highest BCUT2D eigenvalue weighted by molar-refractivity contribution is 5.99. The van der Waals surface area contributed by atoms with Crippen molar-refractivity contribution in [3.05, 3.63) is 59.9 Å². The number of nitrogens with one attached hydrogen (secondary N) is 1. The molecule has 0 aliphatic rings. The number of para-hydroxylation sites is 2. The summed E-state index contributed by atoms with van der Waals surface area (Å²) >= 11 is 0. The lowest BCUT2D eigenvalue weighted by atomic mass is 10.2. The number of ether oxygens (including phenoxy) is 1. The zero-order valence-electron chi connectivity index (χ0n) is 14.3. The Labute approximate surface area is 146 Å². The number of benzene rings is 2. The fourth-order valence-electron chi connectivity index (χ4n) is 2.41. The van der Waals surface area contributed by atoms with Gasteiger partial charge < -0.3 is 15.0 Å². The van der Waals surface area contributed by atoms with Crippen LogP contribution in [0.25, 0.3) is 0 Å². The minimum absolute atomic E-state index is 0.0951. The molecule has 0 aliphatic carbocycles. The predicted octanol–water partition coefficient (Wildman–Crippen LogP) is 3.33. The summed E-state index contributed by atoms with van der Waals surface area (Å²) in [5.41, 5.74) is 0.889. The Bertz CT molecular complexity index is 732. The number of carbonyl (C=O) groups excluding carboxylic acids is 2. The normalized spacial score (nSPS) is 10.2. The molecule has 0 unspecified atom stereocenters. The average Bonchev–Trinajstić information content (AvgIpc) is 2.62. The molecule has 2 aromatic carbocycles. The number of amides is 2. The van der Waals surface area contributed by atoms with Gasteiger partial charge in [0.15, 0.2) is 0 Å². The molecule has 2 rings (SSSR count). The van der Waals surface area contributed by atoms with E-state index in [9.17, 15) is 14.0 Å². The van der Waals surface area contributed by atoms with Crippen LogP contribution in [0.1, 0.15) is 23.7 Å². The minimum atomic E-state index is -0.410. The van der Waals surface area contributed by atoms with Crippen molar-refractivity contribution in [2.45, 2.75) is 13.3 Å². The van der Waals surface area contributed by atoms with Crippen LogP contribution in [0.3, 0.4) is 0 Å². The highest BCUT2D eigenvalue weighted by Gasteiger charge is 2.19. The van der Waals surface area contributed by atoms with E-state index in [-0.39, 0.29) is 18.4 Å². The van der Waals surface area contributed by atoms with Crippen LogP contribution >= 0.6 is 0 Å². The molecular formula is C19H21FN2O3. The molecule has 0 aromatic heterocycles. The van der Waals surface area contributed by atoms with Gasteiger partial charge in [-0.1, -0.05) is 19.1 Å². The van der Waals surface area contributed by atoms with E-state index in [1.165, 1.54) is 36.3 Å². The van der Waals surface area contributed by atoms with Crippen molar-refractivity contribution in [1.82, 2.24) is 4.90 Å². The number of nitrogens with zero attached hydrogens (tertiary/aromatic N) is 1. The minimum Gasteiger partial charge on any atom is -0.495 e. The van der Waals surface area contributed by atoms with E-state index < -0.39 is 5.82 Å². The molecule has 0 aliphatic heterocycles. The van der Waals surface area contributed by atoms with Crippen LogP contribution in [0.2, 0.25) is 0 Å². The molecule has 5 nitrogen and oxygen atoms in total. The number of hydrogen-bond donors (Lipinski definition) is 1. The second-order valence-electron chi connectivity index (χ2n) is 5.48. The fourth-order valence-corrected chi connectivity index (χ4v) is 2.41. The van der Waals surface area contributed by atoms with Crippen molar-refractivity contribution in [2.24, 2.45) is 0 Å². The predicted molar refractivity (Wildman–Crippen MR) is 94.2 cm³/mol. The first-order valence-electron chi connectivity index (χ1n) is 8.03. The number of halogens is 1. The molecule has 6 heteroatoms.